The molecule has 0 spiro atoms. The van der Waals surface area contributed by atoms with Crippen LogP contribution < -0.4 is 15.1 Å². The van der Waals surface area contributed by atoms with Gasteiger partial charge < -0.3 is 19.9 Å². The fourth-order valence-corrected chi connectivity index (χ4v) is 4.11. The molecule has 2 aromatic heterocycles. The molecule has 7 nitrogen and oxygen atoms in total. The van der Waals surface area contributed by atoms with Gasteiger partial charge in [0.2, 0.25) is 5.95 Å². The molecule has 0 amide bonds. The van der Waals surface area contributed by atoms with Gasteiger partial charge in [0.25, 0.3) is 0 Å². The predicted molar refractivity (Wildman–Crippen MR) is 101 cm³/mol. The SMILES string of the molecule is Cc1cnc(N2CCCC(Nc3ccnc(N4CCOCC4)n3)C2)s1. The monoisotopic (exact) mass is 360 g/mol. The van der Waals surface area contributed by atoms with Crippen LogP contribution in [-0.2, 0) is 4.74 Å². The summed E-state index contributed by atoms with van der Waals surface area (Å²) >= 11 is 1.77. The summed E-state index contributed by atoms with van der Waals surface area (Å²) in [4.78, 5) is 19.5. The zero-order valence-electron chi connectivity index (χ0n) is 14.5. The van der Waals surface area contributed by atoms with Crippen molar-refractivity contribution in [3.05, 3.63) is 23.3 Å². The van der Waals surface area contributed by atoms with Crippen molar-refractivity contribution in [2.75, 3.05) is 54.5 Å². The van der Waals surface area contributed by atoms with E-state index in [2.05, 4.69) is 32.0 Å². The highest BCUT2D eigenvalue weighted by molar-refractivity contribution is 7.15. The summed E-state index contributed by atoms with van der Waals surface area (Å²) in [5.74, 6) is 1.69. The Morgan fingerprint density at radius 2 is 2.08 bits per heavy atom. The third-order valence-electron chi connectivity index (χ3n) is 4.59. The number of hydrogen-bond acceptors (Lipinski definition) is 8. The zero-order chi connectivity index (χ0) is 17.1. The quantitative estimate of drug-likeness (QED) is 0.896. The number of ether oxygens (including phenoxy) is 1. The summed E-state index contributed by atoms with van der Waals surface area (Å²) in [6.45, 7) is 7.33. The Labute approximate surface area is 152 Å². The number of aryl methyl sites for hydroxylation is 1. The first-order chi connectivity index (χ1) is 12.3. The lowest BCUT2D eigenvalue weighted by Crippen LogP contribution is -2.42. The minimum absolute atomic E-state index is 0.380. The van der Waals surface area contributed by atoms with E-state index in [1.165, 1.54) is 4.88 Å². The largest absolute Gasteiger partial charge is 0.378 e. The van der Waals surface area contributed by atoms with Crippen molar-refractivity contribution < 1.29 is 4.74 Å². The highest BCUT2D eigenvalue weighted by atomic mass is 32.1. The molecule has 1 unspecified atom stereocenters. The molecule has 1 atom stereocenters. The number of thiazole rings is 1. The summed E-state index contributed by atoms with van der Waals surface area (Å²) in [5.41, 5.74) is 0. The third-order valence-corrected chi connectivity index (χ3v) is 5.56. The van der Waals surface area contributed by atoms with Crippen LogP contribution in [0.15, 0.2) is 18.5 Å². The lowest BCUT2D eigenvalue weighted by Gasteiger charge is -2.33. The maximum Gasteiger partial charge on any atom is 0.227 e. The number of nitrogens with zero attached hydrogens (tertiary/aromatic N) is 5. The van der Waals surface area contributed by atoms with Crippen LogP contribution in [0, 0.1) is 6.92 Å². The minimum Gasteiger partial charge on any atom is -0.378 e. The van der Waals surface area contributed by atoms with Gasteiger partial charge in [-0.25, -0.2) is 9.97 Å². The molecule has 2 aliphatic rings. The number of nitrogens with one attached hydrogen (secondary N) is 1. The second kappa shape index (κ2) is 7.53. The first-order valence-electron chi connectivity index (χ1n) is 8.87. The molecule has 0 aromatic carbocycles. The number of piperidine rings is 1. The van der Waals surface area contributed by atoms with Gasteiger partial charge in [0.15, 0.2) is 5.13 Å². The standard InChI is InChI=1S/C17H24N6OS/c1-13-11-19-17(25-13)23-6-2-3-14(12-23)20-15-4-5-18-16(21-15)22-7-9-24-10-8-22/h4-5,11,14H,2-3,6-10,12H2,1H3,(H,18,20,21). The Hall–Kier alpha value is -1.93. The number of morpholine rings is 1. The number of hydrogen-bond donors (Lipinski definition) is 1. The molecule has 0 saturated carbocycles. The van der Waals surface area contributed by atoms with E-state index in [9.17, 15) is 0 Å². The second-order valence-electron chi connectivity index (χ2n) is 6.52. The molecule has 8 heteroatoms. The van der Waals surface area contributed by atoms with Crippen LogP contribution in [0.5, 0.6) is 0 Å². The van der Waals surface area contributed by atoms with Crippen molar-refractivity contribution in [1.82, 2.24) is 15.0 Å². The van der Waals surface area contributed by atoms with Gasteiger partial charge >= 0.3 is 0 Å². The van der Waals surface area contributed by atoms with Gasteiger partial charge in [0.1, 0.15) is 5.82 Å². The summed E-state index contributed by atoms with van der Waals surface area (Å²) in [6.07, 6.45) is 6.11. The van der Waals surface area contributed by atoms with Crippen molar-refractivity contribution >= 4 is 28.2 Å². The van der Waals surface area contributed by atoms with Crippen LogP contribution in [0.4, 0.5) is 16.9 Å². The molecule has 1 N–H and O–H groups in total. The van der Waals surface area contributed by atoms with Crippen molar-refractivity contribution in [2.24, 2.45) is 0 Å². The Morgan fingerprint density at radius 1 is 1.20 bits per heavy atom. The fraction of sp³-hybridized carbons (Fsp3) is 0.588. The maximum atomic E-state index is 5.41. The fourth-order valence-electron chi connectivity index (χ4n) is 3.31. The van der Waals surface area contributed by atoms with E-state index in [1.54, 1.807) is 11.3 Å². The molecule has 4 rings (SSSR count). The number of anilines is 3. The molecule has 0 bridgehead atoms. The Kier molecular flexibility index (Phi) is 4.98. The third kappa shape index (κ3) is 4.01. The number of rotatable bonds is 4. The molecule has 2 fully saturated rings. The van der Waals surface area contributed by atoms with E-state index < -0.39 is 0 Å². The van der Waals surface area contributed by atoms with Crippen LogP contribution in [0.1, 0.15) is 17.7 Å². The summed E-state index contributed by atoms with van der Waals surface area (Å²) in [6, 6.07) is 2.33. The van der Waals surface area contributed by atoms with Crippen LogP contribution >= 0.6 is 11.3 Å². The molecule has 4 heterocycles. The molecule has 2 aliphatic heterocycles. The van der Waals surface area contributed by atoms with E-state index in [0.717, 1.165) is 69.1 Å². The van der Waals surface area contributed by atoms with Gasteiger partial charge in [-0.3, -0.25) is 0 Å². The second-order valence-corrected chi connectivity index (χ2v) is 7.74. The van der Waals surface area contributed by atoms with Gasteiger partial charge in [0.05, 0.1) is 13.2 Å². The highest BCUT2D eigenvalue weighted by Crippen LogP contribution is 2.26. The molecular weight excluding hydrogens is 336 g/mol. The first kappa shape index (κ1) is 16.5. The van der Waals surface area contributed by atoms with Gasteiger partial charge in [0, 0.05) is 49.5 Å². The Bertz CT molecular complexity index is 702. The summed E-state index contributed by atoms with van der Waals surface area (Å²) in [5, 5.41) is 4.72. The van der Waals surface area contributed by atoms with Gasteiger partial charge in [-0.2, -0.15) is 4.98 Å². The topological polar surface area (TPSA) is 66.4 Å². The Morgan fingerprint density at radius 3 is 2.88 bits per heavy atom. The maximum absolute atomic E-state index is 5.41. The van der Waals surface area contributed by atoms with E-state index in [-0.39, 0.29) is 0 Å². The van der Waals surface area contributed by atoms with E-state index in [1.807, 2.05) is 18.5 Å². The molecule has 0 aliphatic carbocycles. The average molecular weight is 360 g/mol. The lowest BCUT2D eigenvalue weighted by atomic mass is 10.1. The van der Waals surface area contributed by atoms with E-state index in [4.69, 9.17) is 9.72 Å². The van der Waals surface area contributed by atoms with Crippen molar-refractivity contribution in [2.45, 2.75) is 25.8 Å². The molecule has 0 radical (unpaired) electrons. The van der Waals surface area contributed by atoms with Crippen LogP contribution in [0.2, 0.25) is 0 Å². The minimum atomic E-state index is 0.380. The average Bonchev–Trinajstić information content (AvgIpc) is 3.09. The highest BCUT2D eigenvalue weighted by Gasteiger charge is 2.22. The normalized spacial score (nSPS) is 21.4. The smallest absolute Gasteiger partial charge is 0.227 e. The summed E-state index contributed by atoms with van der Waals surface area (Å²) < 4.78 is 5.41. The van der Waals surface area contributed by atoms with Gasteiger partial charge in [-0.1, -0.05) is 0 Å². The van der Waals surface area contributed by atoms with Gasteiger partial charge in [-0.15, -0.1) is 11.3 Å². The predicted octanol–water partition coefficient (Wildman–Crippen LogP) is 2.16. The van der Waals surface area contributed by atoms with Gasteiger partial charge in [-0.05, 0) is 25.8 Å². The van der Waals surface area contributed by atoms with Crippen molar-refractivity contribution in [3.8, 4) is 0 Å². The summed E-state index contributed by atoms with van der Waals surface area (Å²) in [7, 11) is 0. The molecule has 2 aromatic rings. The van der Waals surface area contributed by atoms with Crippen molar-refractivity contribution in [3.63, 3.8) is 0 Å². The number of aromatic nitrogens is 3. The Balaban J connectivity index is 1.41. The van der Waals surface area contributed by atoms with Crippen LogP contribution in [0.25, 0.3) is 0 Å². The lowest BCUT2D eigenvalue weighted by molar-refractivity contribution is 0.122. The van der Waals surface area contributed by atoms with E-state index in [0.29, 0.717) is 6.04 Å². The molecule has 25 heavy (non-hydrogen) atoms. The van der Waals surface area contributed by atoms with Crippen LogP contribution in [0.3, 0.4) is 0 Å². The van der Waals surface area contributed by atoms with Crippen molar-refractivity contribution in [1.29, 1.82) is 0 Å². The first-order valence-corrected chi connectivity index (χ1v) is 9.69. The van der Waals surface area contributed by atoms with Crippen LogP contribution in [-0.4, -0.2) is 60.4 Å². The van der Waals surface area contributed by atoms with E-state index >= 15 is 0 Å². The zero-order valence-corrected chi connectivity index (χ0v) is 15.3. The molecule has 2 saturated heterocycles. The molecular formula is C17H24N6OS. The molecule has 134 valence electrons.